The minimum absolute atomic E-state index is 0.164. The van der Waals surface area contributed by atoms with Crippen molar-refractivity contribution in [2.75, 3.05) is 25.0 Å². The Balaban J connectivity index is 1.13. The smallest absolute Gasteiger partial charge is 0.225 e. The number of para-hydroxylation sites is 1. The molecular weight excluding hydrogens is 428 g/mol. The fourth-order valence-corrected chi connectivity index (χ4v) is 5.34. The summed E-state index contributed by atoms with van der Waals surface area (Å²) >= 11 is 5.29. The lowest BCUT2D eigenvalue weighted by molar-refractivity contribution is -0.136. The van der Waals surface area contributed by atoms with Crippen molar-refractivity contribution < 1.29 is 4.79 Å². The van der Waals surface area contributed by atoms with Gasteiger partial charge in [-0.25, -0.2) is 4.98 Å². The van der Waals surface area contributed by atoms with Crippen LogP contribution in [0.5, 0.6) is 0 Å². The number of aromatic nitrogens is 2. The van der Waals surface area contributed by atoms with Crippen molar-refractivity contribution in [2.24, 2.45) is 11.8 Å². The summed E-state index contributed by atoms with van der Waals surface area (Å²) in [6.45, 7) is 2.43. The van der Waals surface area contributed by atoms with E-state index in [-0.39, 0.29) is 5.92 Å². The van der Waals surface area contributed by atoms with Gasteiger partial charge in [-0.05, 0) is 73.5 Å². The fourth-order valence-electron chi connectivity index (χ4n) is 5.13. The average molecular weight is 459 g/mol. The van der Waals surface area contributed by atoms with Gasteiger partial charge in [0, 0.05) is 30.9 Å². The first-order chi connectivity index (χ1) is 16.2. The van der Waals surface area contributed by atoms with Crippen molar-refractivity contribution in [1.29, 1.82) is 0 Å². The molecule has 0 spiro atoms. The lowest BCUT2D eigenvalue weighted by Crippen LogP contribution is -2.40. The Morgan fingerprint density at radius 1 is 1.06 bits per heavy atom. The molecule has 2 aromatic carbocycles. The number of H-pyrrole nitrogens is 1. The molecule has 5 nitrogen and oxygen atoms in total. The van der Waals surface area contributed by atoms with E-state index in [0.29, 0.717) is 16.6 Å². The predicted molar refractivity (Wildman–Crippen MR) is 136 cm³/mol. The topological polar surface area (TPSA) is 61.0 Å². The normalized spacial score (nSPS) is 21.0. The van der Waals surface area contributed by atoms with Gasteiger partial charge in [-0.2, -0.15) is 0 Å². The number of nitrogens with zero attached hydrogens (tertiary/aromatic N) is 2. The first kappa shape index (κ1) is 21.8. The Kier molecular flexibility index (Phi) is 6.53. The molecule has 1 amide bonds. The van der Waals surface area contributed by atoms with Crippen LogP contribution in [0, 0.1) is 16.6 Å². The Morgan fingerprint density at radius 3 is 2.58 bits per heavy atom. The standard InChI is InChI=1S/C27H30N4OS/c32-26(31-16-14-21(15-17-31)20-6-2-1-3-7-20)22-12-10-19(11-13-22)18-28-25-23-8-4-5-9-24(23)29-27(33)30-25/h1-9,14,19,22H,10-13,15-18H2,(H2,28,29,30,33). The van der Waals surface area contributed by atoms with Crippen LogP contribution in [0.4, 0.5) is 5.82 Å². The van der Waals surface area contributed by atoms with Gasteiger partial charge in [-0.1, -0.05) is 48.5 Å². The molecule has 0 radical (unpaired) electrons. The van der Waals surface area contributed by atoms with Crippen molar-refractivity contribution in [1.82, 2.24) is 14.9 Å². The van der Waals surface area contributed by atoms with E-state index in [9.17, 15) is 4.79 Å². The molecule has 0 unspecified atom stereocenters. The number of fused-ring (bicyclic) bond motifs is 1. The quantitative estimate of drug-likeness (QED) is 0.473. The lowest BCUT2D eigenvalue weighted by atomic mass is 9.81. The van der Waals surface area contributed by atoms with Crippen molar-refractivity contribution in [2.45, 2.75) is 32.1 Å². The van der Waals surface area contributed by atoms with Crippen molar-refractivity contribution in [3.63, 3.8) is 0 Å². The van der Waals surface area contributed by atoms with Gasteiger partial charge in [0.05, 0.1) is 5.52 Å². The molecule has 6 heteroatoms. The number of nitrogens with one attached hydrogen (secondary N) is 2. The number of anilines is 1. The minimum Gasteiger partial charge on any atom is -0.369 e. The molecule has 1 aromatic heterocycles. The van der Waals surface area contributed by atoms with Crippen LogP contribution in [0.25, 0.3) is 16.5 Å². The van der Waals surface area contributed by atoms with Crippen LogP contribution in [0.15, 0.2) is 60.7 Å². The Morgan fingerprint density at radius 2 is 1.82 bits per heavy atom. The summed E-state index contributed by atoms with van der Waals surface area (Å²) in [5, 5.41) is 4.58. The molecule has 1 aliphatic carbocycles. The van der Waals surface area contributed by atoms with E-state index < -0.39 is 0 Å². The van der Waals surface area contributed by atoms with E-state index in [4.69, 9.17) is 12.2 Å². The van der Waals surface area contributed by atoms with Gasteiger partial charge in [0.1, 0.15) is 5.82 Å². The molecule has 0 atom stereocenters. The van der Waals surface area contributed by atoms with Gasteiger partial charge >= 0.3 is 0 Å². The molecule has 1 aliphatic heterocycles. The van der Waals surface area contributed by atoms with Crippen LogP contribution in [0.1, 0.15) is 37.7 Å². The molecular formula is C27H30N4OS. The van der Waals surface area contributed by atoms with Gasteiger partial charge in [0.25, 0.3) is 0 Å². The van der Waals surface area contributed by atoms with E-state index in [1.807, 2.05) is 24.3 Å². The molecule has 2 N–H and O–H groups in total. The molecule has 1 saturated carbocycles. The zero-order valence-electron chi connectivity index (χ0n) is 18.8. The van der Waals surface area contributed by atoms with E-state index >= 15 is 0 Å². The summed E-state index contributed by atoms with van der Waals surface area (Å²) in [6, 6.07) is 18.6. The van der Waals surface area contributed by atoms with Crippen LogP contribution in [-0.2, 0) is 4.79 Å². The second-order valence-electron chi connectivity index (χ2n) is 9.16. The molecule has 170 valence electrons. The van der Waals surface area contributed by atoms with Crippen molar-refractivity contribution in [3.05, 3.63) is 71.0 Å². The van der Waals surface area contributed by atoms with E-state index in [2.05, 4.69) is 56.6 Å². The molecule has 0 saturated heterocycles. The van der Waals surface area contributed by atoms with E-state index in [1.165, 1.54) is 11.1 Å². The lowest BCUT2D eigenvalue weighted by Gasteiger charge is -2.34. The SMILES string of the molecule is O=C(C1CCC(CNc2nc(=S)[nH]c3ccccc23)CC1)N1CC=C(c2ccccc2)CC1. The Bertz CT molecular complexity index is 1210. The predicted octanol–water partition coefficient (Wildman–Crippen LogP) is 5.83. The highest BCUT2D eigenvalue weighted by Crippen LogP contribution is 2.32. The molecule has 0 bridgehead atoms. The van der Waals surface area contributed by atoms with E-state index in [1.54, 1.807) is 0 Å². The third-order valence-electron chi connectivity index (χ3n) is 7.06. The van der Waals surface area contributed by atoms with Crippen LogP contribution in [-0.4, -0.2) is 40.4 Å². The minimum atomic E-state index is 0.164. The highest BCUT2D eigenvalue weighted by Gasteiger charge is 2.30. The summed E-state index contributed by atoms with van der Waals surface area (Å²) in [7, 11) is 0. The first-order valence-electron chi connectivity index (χ1n) is 11.9. The molecule has 2 aliphatic rings. The summed E-state index contributed by atoms with van der Waals surface area (Å²) in [5.41, 5.74) is 3.64. The number of benzene rings is 2. The van der Waals surface area contributed by atoms with Crippen LogP contribution in [0.2, 0.25) is 0 Å². The van der Waals surface area contributed by atoms with Crippen LogP contribution >= 0.6 is 12.2 Å². The van der Waals surface area contributed by atoms with Gasteiger partial charge in [0.2, 0.25) is 5.91 Å². The molecule has 1 fully saturated rings. The molecule has 33 heavy (non-hydrogen) atoms. The molecule has 2 heterocycles. The van der Waals surface area contributed by atoms with Crippen molar-refractivity contribution in [3.8, 4) is 0 Å². The highest BCUT2D eigenvalue weighted by atomic mass is 32.1. The monoisotopic (exact) mass is 458 g/mol. The summed E-state index contributed by atoms with van der Waals surface area (Å²) in [4.78, 5) is 22.8. The van der Waals surface area contributed by atoms with E-state index in [0.717, 1.165) is 68.5 Å². The van der Waals surface area contributed by atoms with Gasteiger partial charge in [-0.3, -0.25) is 4.79 Å². The number of aromatic amines is 1. The van der Waals surface area contributed by atoms with Crippen LogP contribution in [0.3, 0.4) is 0 Å². The average Bonchev–Trinajstić information content (AvgIpc) is 2.88. The fraction of sp³-hybridized carbons (Fsp3) is 0.370. The number of carbonyl (C=O) groups is 1. The number of amides is 1. The number of carbonyl (C=O) groups excluding carboxylic acids is 1. The number of rotatable bonds is 5. The Labute approximate surface area is 199 Å². The number of hydrogen-bond acceptors (Lipinski definition) is 4. The maximum Gasteiger partial charge on any atom is 0.225 e. The zero-order chi connectivity index (χ0) is 22.6. The zero-order valence-corrected chi connectivity index (χ0v) is 19.6. The highest BCUT2D eigenvalue weighted by molar-refractivity contribution is 7.71. The van der Waals surface area contributed by atoms with Crippen molar-refractivity contribution >= 4 is 40.4 Å². The Hall–Kier alpha value is -2.99. The summed E-state index contributed by atoms with van der Waals surface area (Å²) in [5.74, 6) is 1.91. The molecule has 3 aromatic rings. The van der Waals surface area contributed by atoms with Gasteiger partial charge in [-0.15, -0.1) is 0 Å². The second kappa shape index (κ2) is 9.87. The number of hydrogen-bond donors (Lipinski definition) is 2. The second-order valence-corrected chi connectivity index (χ2v) is 9.55. The van der Waals surface area contributed by atoms with Gasteiger partial charge in [0.15, 0.2) is 4.77 Å². The summed E-state index contributed by atoms with van der Waals surface area (Å²) in [6.07, 6.45) is 7.25. The third kappa shape index (κ3) is 5.01. The maximum absolute atomic E-state index is 13.1. The van der Waals surface area contributed by atoms with Crippen LogP contribution < -0.4 is 5.32 Å². The summed E-state index contributed by atoms with van der Waals surface area (Å²) < 4.78 is 0.497. The molecule has 5 rings (SSSR count). The third-order valence-corrected chi connectivity index (χ3v) is 7.25. The van der Waals surface area contributed by atoms with Gasteiger partial charge < -0.3 is 15.2 Å². The largest absolute Gasteiger partial charge is 0.369 e. The first-order valence-corrected chi connectivity index (χ1v) is 12.3. The maximum atomic E-state index is 13.1.